The van der Waals surface area contributed by atoms with Gasteiger partial charge in [-0.1, -0.05) is 46.3 Å². The van der Waals surface area contributed by atoms with Crippen molar-refractivity contribution in [2.75, 3.05) is 18.5 Å². The highest BCUT2D eigenvalue weighted by Gasteiger charge is 2.07. The Bertz CT molecular complexity index is 536. The number of carbonyl (C=O) groups is 1. The van der Waals surface area contributed by atoms with Crippen LogP contribution in [-0.2, 0) is 0 Å². The Kier molecular flexibility index (Phi) is 4.74. The Labute approximate surface area is 122 Å². The third-order valence-corrected chi connectivity index (χ3v) is 3.57. The lowest BCUT2D eigenvalue weighted by atomic mass is 10.1. The zero-order valence-electron chi connectivity index (χ0n) is 10.8. The standard InChI is InChI=1S/C16H16BrNO/c1-18(15-5-3-2-4-6-15)12-11-16(19)13-7-9-14(17)10-8-13/h2-10H,11-12H2,1H3. The Hall–Kier alpha value is -1.61. The van der Waals surface area contributed by atoms with E-state index in [1.54, 1.807) is 0 Å². The normalized spacial score (nSPS) is 10.2. The molecule has 2 rings (SSSR count). The predicted octanol–water partition coefficient (Wildman–Crippen LogP) is 4.16. The summed E-state index contributed by atoms with van der Waals surface area (Å²) in [6.45, 7) is 0.721. The molecule has 2 aromatic rings. The van der Waals surface area contributed by atoms with Gasteiger partial charge in [-0.05, 0) is 24.3 Å². The lowest BCUT2D eigenvalue weighted by Crippen LogP contribution is -2.21. The largest absolute Gasteiger partial charge is 0.374 e. The SMILES string of the molecule is CN(CCC(=O)c1ccc(Br)cc1)c1ccccc1. The van der Waals surface area contributed by atoms with Crippen LogP contribution in [0.1, 0.15) is 16.8 Å². The molecule has 98 valence electrons. The average Bonchev–Trinajstić information content (AvgIpc) is 2.46. The van der Waals surface area contributed by atoms with Gasteiger partial charge < -0.3 is 4.90 Å². The molecule has 0 saturated heterocycles. The molecule has 0 amide bonds. The number of halogens is 1. The maximum Gasteiger partial charge on any atom is 0.164 e. The van der Waals surface area contributed by atoms with E-state index in [1.807, 2.05) is 61.6 Å². The molecule has 3 heteroatoms. The van der Waals surface area contributed by atoms with Crippen LogP contribution in [0.4, 0.5) is 5.69 Å². The number of hydrogen-bond acceptors (Lipinski definition) is 2. The van der Waals surface area contributed by atoms with Gasteiger partial charge in [0.25, 0.3) is 0 Å². The maximum absolute atomic E-state index is 12.0. The van der Waals surface area contributed by atoms with Gasteiger partial charge in [0.2, 0.25) is 0 Å². The third kappa shape index (κ3) is 3.93. The summed E-state index contributed by atoms with van der Waals surface area (Å²) >= 11 is 3.37. The zero-order valence-corrected chi connectivity index (χ0v) is 12.4. The van der Waals surface area contributed by atoms with Crippen molar-refractivity contribution in [2.24, 2.45) is 0 Å². The fraction of sp³-hybridized carbons (Fsp3) is 0.188. The number of hydrogen-bond donors (Lipinski definition) is 0. The lowest BCUT2D eigenvalue weighted by molar-refractivity contribution is 0.0985. The van der Waals surface area contributed by atoms with Crippen molar-refractivity contribution in [3.8, 4) is 0 Å². The van der Waals surface area contributed by atoms with Crippen molar-refractivity contribution >= 4 is 27.4 Å². The number of carbonyl (C=O) groups excluding carboxylic acids is 1. The molecule has 0 spiro atoms. The van der Waals surface area contributed by atoms with Gasteiger partial charge in [-0.3, -0.25) is 4.79 Å². The molecule has 0 N–H and O–H groups in total. The van der Waals surface area contributed by atoms with Crippen LogP contribution >= 0.6 is 15.9 Å². The van der Waals surface area contributed by atoms with Crippen LogP contribution in [0.25, 0.3) is 0 Å². The molecule has 0 unspecified atom stereocenters. The first-order valence-electron chi connectivity index (χ1n) is 6.22. The van der Waals surface area contributed by atoms with Crippen LogP contribution in [-0.4, -0.2) is 19.4 Å². The molecule has 0 aliphatic heterocycles. The molecule has 0 heterocycles. The molecule has 0 atom stereocenters. The van der Waals surface area contributed by atoms with Crippen molar-refractivity contribution in [3.63, 3.8) is 0 Å². The molecular formula is C16H16BrNO. The van der Waals surface area contributed by atoms with Gasteiger partial charge in [0.1, 0.15) is 0 Å². The molecule has 0 fully saturated rings. The van der Waals surface area contributed by atoms with Crippen molar-refractivity contribution in [2.45, 2.75) is 6.42 Å². The highest BCUT2D eigenvalue weighted by Crippen LogP contribution is 2.14. The van der Waals surface area contributed by atoms with E-state index in [2.05, 4.69) is 20.8 Å². The van der Waals surface area contributed by atoms with Gasteiger partial charge in [-0.15, -0.1) is 0 Å². The van der Waals surface area contributed by atoms with Gasteiger partial charge in [-0.25, -0.2) is 0 Å². The first-order chi connectivity index (χ1) is 9.16. The fourth-order valence-electron chi connectivity index (χ4n) is 1.86. The predicted molar refractivity (Wildman–Crippen MR) is 82.8 cm³/mol. The van der Waals surface area contributed by atoms with Crippen LogP contribution in [0.3, 0.4) is 0 Å². The summed E-state index contributed by atoms with van der Waals surface area (Å²) in [7, 11) is 2.00. The number of nitrogens with zero attached hydrogens (tertiary/aromatic N) is 1. The van der Waals surface area contributed by atoms with E-state index < -0.39 is 0 Å². The van der Waals surface area contributed by atoms with Crippen molar-refractivity contribution in [1.29, 1.82) is 0 Å². The molecule has 0 saturated carbocycles. The van der Waals surface area contributed by atoms with Crippen LogP contribution in [0.5, 0.6) is 0 Å². The molecule has 0 aliphatic carbocycles. The van der Waals surface area contributed by atoms with Crippen molar-refractivity contribution in [1.82, 2.24) is 0 Å². The zero-order chi connectivity index (χ0) is 13.7. The molecule has 0 radical (unpaired) electrons. The van der Waals surface area contributed by atoms with Gasteiger partial charge in [0.05, 0.1) is 0 Å². The third-order valence-electron chi connectivity index (χ3n) is 3.04. The molecule has 0 bridgehead atoms. The number of rotatable bonds is 5. The molecule has 19 heavy (non-hydrogen) atoms. The van der Waals surface area contributed by atoms with Crippen LogP contribution < -0.4 is 4.90 Å². The van der Waals surface area contributed by atoms with Crippen LogP contribution in [0.2, 0.25) is 0 Å². The summed E-state index contributed by atoms with van der Waals surface area (Å²) in [6.07, 6.45) is 0.521. The number of ketones is 1. The van der Waals surface area contributed by atoms with E-state index in [9.17, 15) is 4.79 Å². The second kappa shape index (κ2) is 6.53. The first-order valence-corrected chi connectivity index (χ1v) is 7.01. The lowest BCUT2D eigenvalue weighted by Gasteiger charge is -2.18. The molecule has 2 nitrogen and oxygen atoms in total. The molecule has 2 aromatic carbocycles. The summed E-state index contributed by atoms with van der Waals surface area (Å²) < 4.78 is 0.991. The minimum absolute atomic E-state index is 0.176. The molecule has 0 aliphatic rings. The highest BCUT2D eigenvalue weighted by atomic mass is 79.9. The fourth-order valence-corrected chi connectivity index (χ4v) is 2.13. The second-order valence-corrected chi connectivity index (χ2v) is 5.35. The van der Waals surface area contributed by atoms with Crippen LogP contribution in [0, 0.1) is 0 Å². The van der Waals surface area contributed by atoms with E-state index in [1.165, 1.54) is 0 Å². The number of anilines is 1. The van der Waals surface area contributed by atoms with Gasteiger partial charge in [0.15, 0.2) is 5.78 Å². The monoisotopic (exact) mass is 317 g/mol. The summed E-state index contributed by atoms with van der Waals surface area (Å²) in [6, 6.07) is 17.6. The molecular weight excluding hydrogens is 302 g/mol. The summed E-state index contributed by atoms with van der Waals surface area (Å²) in [5.41, 5.74) is 1.90. The summed E-state index contributed by atoms with van der Waals surface area (Å²) in [5, 5.41) is 0. The minimum Gasteiger partial charge on any atom is -0.374 e. The average molecular weight is 318 g/mol. The summed E-state index contributed by atoms with van der Waals surface area (Å²) in [5.74, 6) is 0.176. The van der Waals surface area contributed by atoms with E-state index in [-0.39, 0.29) is 5.78 Å². The van der Waals surface area contributed by atoms with E-state index in [0.717, 1.165) is 22.3 Å². The Morgan fingerprint density at radius 2 is 1.68 bits per heavy atom. The molecule has 0 aromatic heterocycles. The second-order valence-electron chi connectivity index (χ2n) is 4.44. The smallest absolute Gasteiger partial charge is 0.164 e. The van der Waals surface area contributed by atoms with Gasteiger partial charge in [0, 0.05) is 35.7 Å². The van der Waals surface area contributed by atoms with Crippen molar-refractivity contribution < 1.29 is 4.79 Å². The Morgan fingerprint density at radius 3 is 2.32 bits per heavy atom. The number of benzene rings is 2. The number of para-hydroxylation sites is 1. The maximum atomic E-state index is 12.0. The quantitative estimate of drug-likeness (QED) is 0.772. The summed E-state index contributed by atoms with van der Waals surface area (Å²) in [4.78, 5) is 14.1. The van der Waals surface area contributed by atoms with Crippen LogP contribution in [0.15, 0.2) is 59.1 Å². The Balaban J connectivity index is 1.92. The van der Waals surface area contributed by atoms with Gasteiger partial charge in [-0.2, -0.15) is 0 Å². The van der Waals surface area contributed by atoms with E-state index in [0.29, 0.717) is 6.42 Å². The topological polar surface area (TPSA) is 20.3 Å². The van der Waals surface area contributed by atoms with Gasteiger partial charge >= 0.3 is 0 Å². The minimum atomic E-state index is 0.176. The van der Waals surface area contributed by atoms with Crippen molar-refractivity contribution in [3.05, 3.63) is 64.6 Å². The van der Waals surface area contributed by atoms with E-state index in [4.69, 9.17) is 0 Å². The first kappa shape index (κ1) is 13.8. The number of Topliss-reactive ketones (excluding diaryl/α,β-unsaturated/α-hetero) is 1. The highest BCUT2D eigenvalue weighted by molar-refractivity contribution is 9.10. The van der Waals surface area contributed by atoms with E-state index >= 15 is 0 Å². The Morgan fingerprint density at radius 1 is 1.05 bits per heavy atom.